The van der Waals surface area contributed by atoms with Gasteiger partial charge in [-0.2, -0.15) is 0 Å². The van der Waals surface area contributed by atoms with Gasteiger partial charge in [-0.05, 0) is 58.2 Å². The van der Waals surface area contributed by atoms with E-state index in [4.69, 9.17) is 4.98 Å². The molecular formula is C24H27N3O3S2. The largest absolute Gasteiger partial charge is 0.325 e. The molecule has 32 heavy (non-hydrogen) atoms. The van der Waals surface area contributed by atoms with Crippen LogP contribution < -0.4 is 10.9 Å². The molecule has 1 unspecified atom stereocenters. The quantitative estimate of drug-likeness (QED) is 0.292. The number of hydrogen-bond acceptors (Lipinski definition) is 6. The zero-order chi connectivity index (χ0) is 23.0. The maximum Gasteiger partial charge on any atom is 0.263 e. The zero-order valence-corrected chi connectivity index (χ0v) is 20.4. The first-order valence-corrected chi connectivity index (χ1v) is 12.6. The van der Waals surface area contributed by atoms with Crippen LogP contribution in [0.1, 0.15) is 66.4 Å². The molecule has 6 nitrogen and oxygen atoms in total. The second kappa shape index (κ2) is 9.19. The number of thiophene rings is 1. The van der Waals surface area contributed by atoms with Crippen molar-refractivity contribution in [1.29, 1.82) is 0 Å². The molecule has 168 valence electrons. The van der Waals surface area contributed by atoms with Gasteiger partial charge in [0.05, 0.1) is 10.6 Å². The number of aryl methyl sites for hydroxylation is 2. The van der Waals surface area contributed by atoms with Gasteiger partial charge in [-0.15, -0.1) is 11.3 Å². The summed E-state index contributed by atoms with van der Waals surface area (Å²) in [5.74, 6) is -0.246. The number of nitrogens with one attached hydrogen (secondary N) is 1. The van der Waals surface area contributed by atoms with Crippen molar-refractivity contribution < 1.29 is 9.59 Å². The van der Waals surface area contributed by atoms with Gasteiger partial charge in [-0.3, -0.25) is 19.0 Å². The lowest BCUT2D eigenvalue weighted by atomic mass is 10.1. The molecule has 2 heterocycles. The van der Waals surface area contributed by atoms with Crippen LogP contribution in [0.4, 0.5) is 5.69 Å². The van der Waals surface area contributed by atoms with Crippen LogP contribution in [0, 0.1) is 13.8 Å². The fourth-order valence-electron chi connectivity index (χ4n) is 4.13. The summed E-state index contributed by atoms with van der Waals surface area (Å²) in [4.78, 5) is 44.7. The highest BCUT2D eigenvalue weighted by atomic mass is 32.2. The van der Waals surface area contributed by atoms with Gasteiger partial charge >= 0.3 is 0 Å². The Balaban J connectivity index is 1.64. The maximum atomic E-state index is 13.5. The van der Waals surface area contributed by atoms with E-state index in [2.05, 4.69) is 5.32 Å². The topological polar surface area (TPSA) is 81.1 Å². The summed E-state index contributed by atoms with van der Waals surface area (Å²) in [5.41, 5.74) is 2.14. The van der Waals surface area contributed by atoms with E-state index in [1.807, 2.05) is 25.3 Å². The molecule has 2 aromatic heterocycles. The number of carbonyl (C=O) groups excluding carboxylic acids is 2. The van der Waals surface area contributed by atoms with Gasteiger partial charge in [0.15, 0.2) is 10.9 Å². The summed E-state index contributed by atoms with van der Waals surface area (Å²) in [6, 6.07) is 7.04. The number of anilines is 1. The number of carbonyl (C=O) groups is 2. The summed E-state index contributed by atoms with van der Waals surface area (Å²) >= 11 is 2.85. The van der Waals surface area contributed by atoms with Crippen molar-refractivity contribution >= 4 is 50.7 Å². The van der Waals surface area contributed by atoms with Crippen LogP contribution in [0.25, 0.3) is 10.2 Å². The minimum absolute atomic E-state index is 0.00742. The maximum absolute atomic E-state index is 13.5. The standard InChI is InChI=1S/C24H27N3O3S2/c1-13-15(3)31-22-20(13)23(30)27(19-10-5-6-11-19)24(26-22)32-16(4)21(29)25-18-9-7-8-17(12-18)14(2)28/h7-9,12,16,19H,5-6,10-11H2,1-4H3,(H,25,29). The molecule has 0 spiro atoms. The van der Waals surface area contributed by atoms with E-state index in [-0.39, 0.29) is 23.3 Å². The van der Waals surface area contributed by atoms with E-state index < -0.39 is 5.25 Å². The molecule has 0 radical (unpaired) electrons. The van der Waals surface area contributed by atoms with E-state index >= 15 is 0 Å². The van der Waals surface area contributed by atoms with E-state index in [0.717, 1.165) is 41.0 Å². The number of nitrogens with zero attached hydrogens (tertiary/aromatic N) is 2. The highest BCUT2D eigenvalue weighted by Crippen LogP contribution is 2.35. The number of hydrogen-bond donors (Lipinski definition) is 1. The third kappa shape index (κ3) is 4.38. The van der Waals surface area contributed by atoms with E-state index in [1.54, 1.807) is 24.3 Å². The Morgan fingerprint density at radius 1 is 1.25 bits per heavy atom. The average molecular weight is 470 g/mol. The van der Waals surface area contributed by atoms with Gasteiger partial charge in [0, 0.05) is 22.2 Å². The number of amides is 1. The van der Waals surface area contributed by atoms with Gasteiger partial charge in [0.2, 0.25) is 5.91 Å². The van der Waals surface area contributed by atoms with Crippen LogP contribution in [0.3, 0.4) is 0 Å². The minimum atomic E-state index is -0.463. The van der Waals surface area contributed by atoms with Crippen molar-refractivity contribution in [2.24, 2.45) is 0 Å². The molecule has 1 saturated carbocycles. The fourth-order valence-corrected chi connectivity index (χ4v) is 6.18. The molecular weight excluding hydrogens is 442 g/mol. The molecule has 4 rings (SSSR count). The first-order valence-electron chi connectivity index (χ1n) is 10.9. The predicted octanol–water partition coefficient (Wildman–Crippen LogP) is 5.51. The number of benzene rings is 1. The van der Waals surface area contributed by atoms with Crippen molar-refractivity contribution in [2.45, 2.75) is 69.8 Å². The first kappa shape index (κ1) is 22.7. The lowest BCUT2D eigenvalue weighted by molar-refractivity contribution is -0.115. The van der Waals surface area contributed by atoms with Crippen LogP contribution >= 0.6 is 23.1 Å². The SMILES string of the molecule is CC(=O)c1cccc(NC(=O)C(C)Sc2nc3sc(C)c(C)c3c(=O)n2C2CCCC2)c1. The van der Waals surface area contributed by atoms with Gasteiger partial charge < -0.3 is 5.32 Å². The molecule has 3 aromatic rings. The third-order valence-electron chi connectivity index (χ3n) is 6.08. The molecule has 1 N–H and O–H groups in total. The highest BCUT2D eigenvalue weighted by molar-refractivity contribution is 8.00. The van der Waals surface area contributed by atoms with Gasteiger partial charge in [-0.25, -0.2) is 4.98 Å². The Kier molecular flexibility index (Phi) is 6.53. The average Bonchev–Trinajstić information content (AvgIpc) is 3.36. The van der Waals surface area contributed by atoms with Gasteiger partial charge in [-0.1, -0.05) is 36.7 Å². The number of rotatable bonds is 6. The molecule has 1 amide bonds. The predicted molar refractivity (Wildman–Crippen MR) is 131 cm³/mol. The van der Waals surface area contributed by atoms with Crippen LogP contribution in [0.2, 0.25) is 0 Å². The summed E-state index contributed by atoms with van der Waals surface area (Å²) in [5, 5.41) is 3.74. The summed E-state index contributed by atoms with van der Waals surface area (Å²) in [6.45, 7) is 7.31. The van der Waals surface area contributed by atoms with E-state index in [1.165, 1.54) is 30.0 Å². The van der Waals surface area contributed by atoms with Gasteiger partial charge in [0.25, 0.3) is 5.56 Å². The zero-order valence-electron chi connectivity index (χ0n) is 18.7. The molecule has 1 aliphatic carbocycles. The highest BCUT2D eigenvalue weighted by Gasteiger charge is 2.27. The molecule has 1 atom stereocenters. The second-order valence-electron chi connectivity index (χ2n) is 8.36. The Morgan fingerprint density at radius 2 is 1.97 bits per heavy atom. The lowest BCUT2D eigenvalue weighted by Gasteiger charge is -2.20. The number of fused-ring (bicyclic) bond motifs is 1. The minimum Gasteiger partial charge on any atom is -0.325 e. The van der Waals surface area contributed by atoms with Crippen LogP contribution in [-0.2, 0) is 4.79 Å². The van der Waals surface area contributed by atoms with Crippen molar-refractivity contribution in [2.75, 3.05) is 5.32 Å². The summed E-state index contributed by atoms with van der Waals surface area (Å²) < 4.78 is 1.83. The van der Waals surface area contributed by atoms with Crippen molar-refractivity contribution in [3.63, 3.8) is 0 Å². The monoisotopic (exact) mass is 469 g/mol. The Morgan fingerprint density at radius 3 is 2.66 bits per heavy atom. The normalized spacial score (nSPS) is 15.2. The Labute approximate surface area is 195 Å². The fraction of sp³-hybridized carbons (Fsp3) is 0.417. The number of thioether (sulfide) groups is 1. The lowest BCUT2D eigenvalue weighted by Crippen LogP contribution is -2.29. The number of Topliss-reactive ketones (excluding diaryl/α,β-unsaturated/α-hetero) is 1. The molecule has 1 fully saturated rings. The number of ketones is 1. The summed E-state index contributed by atoms with van der Waals surface area (Å²) in [6.07, 6.45) is 4.12. The van der Waals surface area contributed by atoms with Crippen molar-refractivity contribution in [1.82, 2.24) is 9.55 Å². The molecule has 0 bridgehead atoms. The molecule has 0 saturated heterocycles. The first-order chi connectivity index (χ1) is 15.3. The van der Waals surface area contributed by atoms with E-state index in [9.17, 15) is 14.4 Å². The van der Waals surface area contributed by atoms with Gasteiger partial charge in [0.1, 0.15) is 4.83 Å². The smallest absolute Gasteiger partial charge is 0.263 e. The molecule has 1 aliphatic rings. The van der Waals surface area contributed by atoms with E-state index in [0.29, 0.717) is 21.8 Å². The van der Waals surface area contributed by atoms with Crippen LogP contribution in [0.5, 0.6) is 0 Å². The Bertz CT molecular complexity index is 1260. The molecule has 0 aliphatic heterocycles. The third-order valence-corrected chi connectivity index (χ3v) is 8.25. The second-order valence-corrected chi connectivity index (χ2v) is 10.9. The molecule has 8 heteroatoms. The van der Waals surface area contributed by atoms with Crippen LogP contribution in [-0.4, -0.2) is 26.5 Å². The summed E-state index contributed by atoms with van der Waals surface area (Å²) in [7, 11) is 0. The van der Waals surface area contributed by atoms with Crippen molar-refractivity contribution in [3.05, 3.63) is 50.6 Å². The Hall–Kier alpha value is -2.45. The van der Waals surface area contributed by atoms with Crippen molar-refractivity contribution in [3.8, 4) is 0 Å². The van der Waals surface area contributed by atoms with Crippen LogP contribution in [0.15, 0.2) is 34.2 Å². The number of aromatic nitrogens is 2. The molecule has 1 aromatic carbocycles.